The fourth-order valence-electron chi connectivity index (χ4n) is 3.80. The first kappa shape index (κ1) is 18.1. The van der Waals surface area contributed by atoms with Crippen molar-refractivity contribution < 1.29 is 15.3 Å². The lowest BCUT2D eigenvalue weighted by Gasteiger charge is -2.30. The molecule has 0 spiro atoms. The van der Waals surface area contributed by atoms with Crippen LogP contribution in [0.5, 0.6) is 0 Å². The van der Waals surface area contributed by atoms with Crippen LogP contribution < -0.4 is 0 Å². The second kappa shape index (κ2) is 7.67. The summed E-state index contributed by atoms with van der Waals surface area (Å²) >= 11 is 0. The summed E-state index contributed by atoms with van der Waals surface area (Å²) in [5.41, 5.74) is 4.64. The first-order chi connectivity index (χ1) is 12.0. The van der Waals surface area contributed by atoms with Gasteiger partial charge in [0, 0.05) is 12.6 Å². The molecule has 1 aliphatic rings. The van der Waals surface area contributed by atoms with Crippen LogP contribution in [0.15, 0.2) is 48.5 Å². The minimum Gasteiger partial charge on any atom is -0.395 e. The van der Waals surface area contributed by atoms with Crippen LogP contribution in [-0.4, -0.2) is 51.1 Å². The van der Waals surface area contributed by atoms with E-state index in [1.165, 1.54) is 11.1 Å². The van der Waals surface area contributed by atoms with Gasteiger partial charge in [-0.3, -0.25) is 4.90 Å². The Morgan fingerprint density at radius 2 is 1.60 bits per heavy atom. The van der Waals surface area contributed by atoms with E-state index in [-0.39, 0.29) is 12.6 Å². The molecule has 3 rings (SSSR count). The first-order valence-electron chi connectivity index (χ1n) is 8.84. The van der Waals surface area contributed by atoms with E-state index in [1.807, 2.05) is 30.3 Å². The van der Waals surface area contributed by atoms with E-state index in [9.17, 15) is 15.3 Å². The van der Waals surface area contributed by atoms with Gasteiger partial charge in [0.05, 0.1) is 24.9 Å². The van der Waals surface area contributed by atoms with Gasteiger partial charge >= 0.3 is 0 Å². The summed E-state index contributed by atoms with van der Waals surface area (Å²) in [7, 11) is 0. The highest BCUT2D eigenvalue weighted by Crippen LogP contribution is 2.30. The van der Waals surface area contributed by atoms with Crippen LogP contribution in [0.2, 0.25) is 0 Å². The van der Waals surface area contributed by atoms with Gasteiger partial charge in [-0.1, -0.05) is 54.1 Å². The average molecular weight is 341 g/mol. The fraction of sp³-hybridized carbons (Fsp3) is 0.429. The van der Waals surface area contributed by atoms with Crippen molar-refractivity contribution in [3.63, 3.8) is 0 Å². The normalized spacial score (nSPS) is 26.9. The van der Waals surface area contributed by atoms with Crippen LogP contribution in [-0.2, 0) is 13.0 Å². The molecule has 4 heteroatoms. The van der Waals surface area contributed by atoms with Crippen LogP contribution in [0.3, 0.4) is 0 Å². The van der Waals surface area contributed by atoms with Crippen LogP contribution in [0.4, 0.5) is 0 Å². The number of aliphatic hydroxyl groups is 3. The van der Waals surface area contributed by atoms with Gasteiger partial charge in [-0.2, -0.15) is 0 Å². The number of hydrogen-bond donors (Lipinski definition) is 3. The van der Waals surface area contributed by atoms with Crippen LogP contribution >= 0.6 is 0 Å². The molecule has 1 aliphatic heterocycles. The number of likely N-dealkylation sites (tertiary alicyclic amines) is 1. The number of rotatable bonds is 5. The van der Waals surface area contributed by atoms with Crippen molar-refractivity contribution >= 4 is 0 Å². The maximum Gasteiger partial charge on any atom is 0.0991 e. The van der Waals surface area contributed by atoms with Crippen molar-refractivity contribution in [2.75, 3.05) is 6.61 Å². The molecule has 2 aromatic carbocycles. The minimum absolute atomic E-state index is 0.172. The highest BCUT2D eigenvalue weighted by atomic mass is 16.3. The van der Waals surface area contributed by atoms with Crippen molar-refractivity contribution in [2.24, 2.45) is 0 Å². The van der Waals surface area contributed by atoms with Crippen LogP contribution in [0.1, 0.15) is 22.3 Å². The maximum atomic E-state index is 10.6. The van der Waals surface area contributed by atoms with Gasteiger partial charge in [0.2, 0.25) is 0 Å². The van der Waals surface area contributed by atoms with E-state index < -0.39 is 18.2 Å². The summed E-state index contributed by atoms with van der Waals surface area (Å²) in [5.74, 6) is 0. The number of benzene rings is 2. The predicted molar refractivity (Wildman–Crippen MR) is 98.3 cm³/mol. The number of hydrogen-bond acceptors (Lipinski definition) is 4. The highest BCUT2D eigenvalue weighted by Gasteiger charge is 2.46. The van der Waals surface area contributed by atoms with Crippen molar-refractivity contribution in [1.82, 2.24) is 4.90 Å². The lowest BCUT2D eigenvalue weighted by molar-refractivity contribution is 0.0178. The molecule has 2 aromatic rings. The van der Waals surface area contributed by atoms with Gasteiger partial charge in [0.15, 0.2) is 0 Å². The molecule has 1 fully saturated rings. The van der Waals surface area contributed by atoms with Gasteiger partial charge in [-0.05, 0) is 37.0 Å². The Labute approximate surface area is 149 Å². The van der Waals surface area contributed by atoms with Gasteiger partial charge in [0.25, 0.3) is 0 Å². The summed E-state index contributed by atoms with van der Waals surface area (Å²) < 4.78 is 0. The molecule has 4 nitrogen and oxygen atoms in total. The molecular weight excluding hydrogens is 314 g/mol. The number of nitrogens with zero attached hydrogens (tertiary/aromatic N) is 1. The Bertz CT molecular complexity index is 704. The molecule has 1 saturated heterocycles. The van der Waals surface area contributed by atoms with Crippen molar-refractivity contribution in [1.29, 1.82) is 0 Å². The van der Waals surface area contributed by atoms with Gasteiger partial charge in [-0.25, -0.2) is 0 Å². The van der Waals surface area contributed by atoms with Crippen LogP contribution in [0.25, 0.3) is 0 Å². The summed E-state index contributed by atoms with van der Waals surface area (Å²) in [6.45, 7) is 4.55. The second-order valence-electron chi connectivity index (χ2n) is 7.09. The van der Waals surface area contributed by atoms with Gasteiger partial charge in [-0.15, -0.1) is 0 Å². The van der Waals surface area contributed by atoms with Gasteiger partial charge < -0.3 is 15.3 Å². The Morgan fingerprint density at radius 3 is 2.28 bits per heavy atom. The van der Waals surface area contributed by atoms with Crippen molar-refractivity contribution in [2.45, 2.75) is 51.1 Å². The van der Waals surface area contributed by atoms with Crippen molar-refractivity contribution in [3.05, 3.63) is 70.8 Å². The van der Waals surface area contributed by atoms with E-state index in [4.69, 9.17) is 0 Å². The summed E-state index contributed by atoms with van der Waals surface area (Å²) in [5, 5.41) is 30.8. The molecule has 3 N–H and O–H groups in total. The molecule has 1 heterocycles. The molecule has 0 saturated carbocycles. The molecule has 0 amide bonds. The Balaban J connectivity index is 1.89. The largest absolute Gasteiger partial charge is 0.395 e. The van der Waals surface area contributed by atoms with E-state index in [0.717, 1.165) is 11.1 Å². The van der Waals surface area contributed by atoms with E-state index in [2.05, 4.69) is 36.9 Å². The standard InChI is InChI=1S/C21H27NO3/c1-14-8-9-15(2)17(10-14)12-22-18(11-16-6-4-3-5-7-16)20(24)21(25)19(22)13-23/h3-10,18-21,23-25H,11-13H2,1-2H3/t18-,19+,20-,21+/m0/s1. The minimum atomic E-state index is -0.941. The number of aliphatic hydroxyl groups excluding tert-OH is 3. The summed E-state index contributed by atoms with van der Waals surface area (Å²) in [4.78, 5) is 2.06. The van der Waals surface area contributed by atoms with E-state index in [0.29, 0.717) is 13.0 Å². The maximum absolute atomic E-state index is 10.6. The third-order valence-corrected chi connectivity index (χ3v) is 5.32. The third-order valence-electron chi connectivity index (χ3n) is 5.32. The second-order valence-corrected chi connectivity index (χ2v) is 7.09. The van der Waals surface area contributed by atoms with E-state index in [1.54, 1.807) is 0 Å². The molecule has 0 aliphatic carbocycles. The zero-order valence-electron chi connectivity index (χ0n) is 14.8. The zero-order chi connectivity index (χ0) is 18.0. The summed E-state index contributed by atoms with van der Waals surface area (Å²) in [6.07, 6.45) is -1.17. The predicted octanol–water partition coefficient (Wildman–Crippen LogP) is 1.81. The average Bonchev–Trinajstić information content (AvgIpc) is 2.83. The Kier molecular flexibility index (Phi) is 5.54. The number of aryl methyl sites for hydroxylation is 2. The molecule has 134 valence electrons. The molecule has 0 aromatic heterocycles. The topological polar surface area (TPSA) is 63.9 Å². The smallest absolute Gasteiger partial charge is 0.0991 e. The molecule has 4 atom stereocenters. The zero-order valence-corrected chi connectivity index (χ0v) is 14.8. The lowest BCUT2D eigenvalue weighted by atomic mass is 10.00. The Hall–Kier alpha value is -1.72. The van der Waals surface area contributed by atoms with Crippen LogP contribution in [0, 0.1) is 13.8 Å². The lowest BCUT2D eigenvalue weighted by Crippen LogP contribution is -2.42. The quantitative estimate of drug-likeness (QED) is 0.776. The fourth-order valence-corrected chi connectivity index (χ4v) is 3.80. The SMILES string of the molecule is Cc1ccc(C)c(CN2[C@H](CO)[C@@H](O)[C@@H](O)[C@@H]2Cc2ccccc2)c1. The third kappa shape index (κ3) is 3.77. The molecular formula is C21H27NO3. The van der Waals surface area contributed by atoms with Gasteiger partial charge in [0.1, 0.15) is 0 Å². The highest BCUT2D eigenvalue weighted by molar-refractivity contribution is 5.31. The molecule has 0 unspecified atom stereocenters. The van der Waals surface area contributed by atoms with E-state index >= 15 is 0 Å². The Morgan fingerprint density at radius 1 is 0.920 bits per heavy atom. The summed E-state index contributed by atoms with van der Waals surface area (Å²) in [6, 6.07) is 15.6. The molecule has 0 radical (unpaired) electrons. The molecule has 0 bridgehead atoms. The molecule has 25 heavy (non-hydrogen) atoms. The first-order valence-corrected chi connectivity index (χ1v) is 8.84. The van der Waals surface area contributed by atoms with Crippen molar-refractivity contribution in [3.8, 4) is 0 Å². The monoisotopic (exact) mass is 341 g/mol.